The van der Waals surface area contributed by atoms with Gasteiger partial charge in [0.05, 0.1) is 0 Å². The summed E-state index contributed by atoms with van der Waals surface area (Å²) in [5, 5.41) is 0. The summed E-state index contributed by atoms with van der Waals surface area (Å²) in [6, 6.07) is 0. The van der Waals surface area contributed by atoms with Gasteiger partial charge in [-0.15, -0.1) is 0 Å². The zero-order chi connectivity index (χ0) is 14.5. The summed E-state index contributed by atoms with van der Waals surface area (Å²) in [5.41, 5.74) is 0. The molecule has 0 spiro atoms. The summed E-state index contributed by atoms with van der Waals surface area (Å²) < 4.78 is 118. The van der Waals surface area contributed by atoms with Gasteiger partial charge in [0.25, 0.3) is 0 Å². The van der Waals surface area contributed by atoms with Gasteiger partial charge in [-0.25, -0.2) is 0 Å². The zero-order valence-electron chi connectivity index (χ0n) is 7.07. The molecule has 4 N–H and O–H groups in total. The Morgan fingerprint density at radius 1 is 0.471 bits per heavy atom. The maximum atomic E-state index is 10.6. The van der Waals surface area contributed by atoms with E-state index in [-0.39, 0.29) is 0 Å². The fourth-order valence-electron chi connectivity index (χ4n) is 0.604. The summed E-state index contributed by atoms with van der Waals surface area (Å²) in [7, 11) is -33.8. The average molecular weight is 379 g/mol. The topological polar surface area (TPSA) is 217 Å². The van der Waals surface area contributed by atoms with E-state index in [2.05, 4.69) is 0 Å². The molecule has 0 unspecified atom stereocenters. The van der Waals surface area contributed by atoms with E-state index in [0.717, 1.165) is 0 Å². The Balaban J connectivity index is 7.38. The summed E-state index contributed by atoms with van der Waals surface area (Å²) in [6.45, 7) is 0. The molecule has 0 rings (SSSR count). The average Bonchev–Trinajstić information content (AvgIpc) is 1.67. The Morgan fingerprint density at radius 3 is 0.588 bits per heavy atom. The predicted octanol–water partition coefficient (Wildman–Crippen LogP) is -2.65. The van der Waals surface area contributed by atoms with Crippen molar-refractivity contribution in [2.75, 3.05) is 0 Å². The maximum absolute atomic E-state index is 10.6. The molecule has 0 aromatic rings. The second kappa shape index (κ2) is 4.08. The third-order valence-electron chi connectivity index (χ3n) is 0.955. The molecular formula is H4MnO12S4. The van der Waals surface area contributed by atoms with E-state index >= 15 is 0 Å². The van der Waals surface area contributed by atoms with Crippen molar-refractivity contribution in [3.8, 4) is 0 Å². The van der Waals surface area contributed by atoms with E-state index in [1.807, 2.05) is 0 Å². The van der Waals surface area contributed by atoms with Gasteiger partial charge < -0.3 is 0 Å². The SMILES string of the molecule is O=[S](=O)(O)[Mn]([S](=O)(=O)O)([S](=O)(=O)O)[S](=O)(=O)O. The van der Waals surface area contributed by atoms with E-state index < -0.39 is 42.5 Å². The summed E-state index contributed by atoms with van der Waals surface area (Å²) in [4.78, 5) is 0. The molecule has 0 heterocycles. The van der Waals surface area contributed by atoms with E-state index in [1.54, 1.807) is 0 Å². The number of hydrogen-bond donors (Lipinski definition) is 4. The zero-order valence-corrected chi connectivity index (χ0v) is 11.5. The van der Waals surface area contributed by atoms with Gasteiger partial charge in [-0.1, -0.05) is 0 Å². The molecule has 0 amide bonds. The van der Waals surface area contributed by atoms with Crippen molar-refractivity contribution in [2.24, 2.45) is 0 Å². The van der Waals surface area contributed by atoms with E-state index in [0.29, 0.717) is 0 Å². The van der Waals surface area contributed by atoms with Crippen molar-refractivity contribution < 1.29 is 60.2 Å². The first-order chi connectivity index (χ1) is 7.00. The fourth-order valence-corrected chi connectivity index (χ4v) is 22.4. The Labute approximate surface area is 94.1 Å². The molecule has 0 aromatic carbocycles. The third-order valence-corrected chi connectivity index (χ3v) is 35.4. The van der Waals surface area contributed by atoms with E-state index in [4.69, 9.17) is 18.2 Å². The van der Waals surface area contributed by atoms with Gasteiger partial charge in [0, 0.05) is 0 Å². The second-order valence-corrected chi connectivity index (χ2v) is 26.3. The van der Waals surface area contributed by atoms with E-state index in [1.165, 1.54) is 0 Å². The summed E-state index contributed by atoms with van der Waals surface area (Å²) in [6.07, 6.45) is 0. The van der Waals surface area contributed by atoms with Gasteiger partial charge in [-0.2, -0.15) is 0 Å². The molecule has 0 saturated heterocycles. The molecule has 17 heavy (non-hydrogen) atoms. The Hall–Kier alpha value is 0.159. The Bertz CT molecular complexity index is 577. The molecule has 0 aliphatic heterocycles. The molecule has 0 radical (unpaired) electrons. The summed E-state index contributed by atoms with van der Waals surface area (Å²) in [5.74, 6) is 0. The van der Waals surface area contributed by atoms with Gasteiger partial charge >= 0.3 is 94.4 Å². The normalized spacial score (nSPS) is 16.7. The molecule has 0 aliphatic rings. The quantitative estimate of drug-likeness (QED) is 0.291. The monoisotopic (exact) mass is 379 g/mol. The van der Waals surface area contributed by atoms with E-state index in [9.17, 15) is 33.7 Å². The van der Waals surface area contributed by atoms with Crippen LogP contribution in [0.25, 0.3) is 0 Å². The van der Waals surface area contributed by atoms with Crippen LogP contribution >= 0.6 is 0 Å². The third kappa shape index (κ3) is 2.48. The number of hydrogen-bond acceptors (Lipinski definition) is 8. The Morgan fingerprint density at radius 2 is 0.588 bits per heavy atom. The molecule has 0 aliphatic carbocycles. The first kappa shape index (κ1) is 17.2. The van der Waals surface area contributed by atoms with Crippen LogP contribution in [0.3, 0.4) is 0 Å². The van der Waals surface area contributed by atoms with Crippen molar-refractivity contribution in [3.05, 3.63) is 0 Å². The Kier molecular flexibility index (Phi) is 4.12. The molecule has 0 saturated carbocycles. The molecule has 0 bridgehead atoms. The van der Waals surface area contributed by atoms with Crippen LogP contribution in [0, 0.1) is 0 Å². The molecule has 0 aromatic heterocycles. The van der Waals surface area contributed by atoms with Crippen molar-refractivity contribution in [2.45, 2.75) is 0 Å². The van der Waals surface area contributed by atoms with Crippen molar-refractivity contribution in [3.63, 3.8) is 0 Å². The van der Waals surface area contributed by atoms with Crippen molar-refractivity contribution >= 4 is 34.1 Å². The van der Waals surface area contributed by atoms with Crippen LogP contribution in [0.15, 0.2) is 0 Å². The fraction of sp³-hybridized carbons (Fsp3) is 0. The first-order valence-corrected chi connectivity index (χ1v) is 13.8. The van der Waals surface area contributed by atoms with Crippen LogP contribution in [0.2, 0.25) is 0 Å². The van der Waals surface area contributed by atoms with Gasteiger partial charge in [0.1, 0.15) is 0 Å². The predicted molar refractivity (Wildman–Crippen MR) is 46.2 cm³/mol. The van der Waals surface area contributed by atoms with Crippen LogP contribution in [0.4, 0.5) is 0 Å². The molecular weight excluding hydrogens is 375 g/mol. The molecule has 107 valence electrons. The van der Waals surface area contributed by atoms with Gasteiger partial charge in [-0.3, -0.25) is 0 Å². The van der Waals surface area contributed by atoms with Crippen LogP contribution in [0.1, 0.15) is 0 Å². The molecule has 17 heteroatoms. The van der Waals surface area contributed by atoms with Crippen LogP contribution in [-0.4, -0.2) is 51.9 Å². The first-order valence-electron chi connectivity index (χ1n) is 2.68. The van der Waals surface area contributed by atoms with Crippen molar-refractivity contribution in [1.29, 1.82) is 0 Å². The van der Waals surface area contributed by atoms with Crippen molar-refractivity contribution in [1.82, 2.24) is 0 Å². The van der Waals surface area contributed by atoms with Gasteiger partial charge in [0.15, 0.2) is 0 Å². The minimum atomic E-state index is -7.51. The molecule has 12 nitrogen and oxygen atoms in total. The summed E-state index contributed by atoms with van der Waals surface area (Å²) >= 11 is 0. The second-order valence-electron chi connectivity index (χ2n) is 2.03. The van der Waals surface area contributed by atoms with Gasteiger partial charge in [-0.05, 0) is 0 Å². The molecule has 0 fully saturated rings. The van der Waals surface area contributed by atoms with Gasteiger partial charge in [0.2, 0.25) is 0 Å². The van der Waals surface area contributed by atoms with Crippen LogP contribution in [0.5, 0.6) is 0 Å². The number of rotatable bonds is 4. The minimum absolute atomic E-state index is 6.57. The van der Waals surface area contributed by atoms with Crippen LogP contribution < -0.4 is 0 Å². The molecule has 0 atom stereocenters. The van der Waals surface area contributed by atoms with Crippen LogP contribution in [-0.2, 0) is 42.5 Å². The standard InChI is InChI=1S/Mn.4HO3S/c;4*1-4(2)3/h;4*(H,1,2,3).